The van der Waals surface area contributed by atoms with Crippen LogP contribution in [0.5, 0.6) is 5.75 Å². The molecule has 0 amide bonds. The lowest BCUT2D eigenvalue weighted by Crippen LogP contribution is -2.23. The van der Waals surface area contributed by atoms with Gasteiger partial charge in [0.2, 0.25) is 0 Å². The van der Waals surface area contributed by atoms with Crippen LogP contribution in [0.1, 0.15) is 16.9 Å². The second kappa shape index (κ2) is 7.55. The Morgan fingerprint density at radius 1 is 1.03 bits per heavy atom. The summed E-state index contributed by atoms with van der Waals surface area (Å²) < 4.78 is 10.9. The van der Waals surface area contributed by atoms with Crippen molar-refractivity contribution in [2.75, 3.05) is 12.0 Å². The predicted octanol–water partition coefficient (Wildman–Crippen LogP) is 5.23. The summed E-state index contributed by atoms with van der Waals surface area (Å²) in [5.41, 5.74) is 5.27. The standard InChI is InChI=1S/C24H22N4O2/c1-16-5-10-21-20(12-16)22-23(27-21)24(26-15-25-22)28(14-19-4-3-11-30-19)13-17-6-8-18(29-2)9-7-17/h3-12,15,27H,13-14H2,1-2H3. The quantitative estimate of drug-likeness (QED) is 0.424. The number of nitrogens with one attached hydrogen (secondary N) is 1. The predicted molar refractivity (Wildman–Crippen MR) is 118 cm³/mol. The van der Waals surface area contributed by atoms with Gasteiger partial charge in [-0.05, 0) is 48.9 Å². The molecule has 150 valence electrons. The first-order chi connectivity index (χ1) is 14.7. The molecule has 2 aromatic carbocycles. The van der Waals surface area contributed by atoms with Gasteiger partial charge in [-0.1, -0.05) is 23.8 Å². The molecule has 0 radical (unpaired) electrons. The number of nitrogens with zero attached hydrogens (tertiary/aromatic N) is 3. The van der Waals surface area contributed by atoms with Crippen LogP contribution in [0.2, 0.25) is 0 Å². The summed E-state index contributed by atoms with van der Waals surface area (Å²) in [6, 6.07) is 18.3. The van der Waals surface area contributed by atoms with Crippen LogP contribution in [0.4, 0.5) is 5.82 Å². The van der Waals surface area contributed by atoms with Gasteiger partial charge in [-0.25, -0.2) is 9.97 Å². The monoisotopic (exact) mass is 398 g/mol. The highest BCUT2D eigenvalue weighted by molar-refractivity contribution is 6.08. The molecule has 6 nitrogen and oxygen atoms in total. The topological polar surface area (TPSA) is 67.2 Å². The van der Waals surface area contributed by atoms with Crippen LogP contribution in [0.15, 0.2) is 71.6 Å². The number of furan rings is 1. The van der Waals surface area contributed by atoms with E-state index in [4.69, 9.17) is 9.15 Å². The number of hydrogen-bond acceptors (Lipinski definition) is 5. The zero-order valence-electron chi connectivity index (χ0n) is 16.9. The fourth-order valence-electron chi connectivity index (χ4n) is 3.78. The third kappa shape index (κ3) is 3.37. The van der Waals surface area contributed by atoms with Gasteiger partial charge in [-0.15, -0.1) is 0 Å². The van der Waals surface area contributed by atoms with Crippen molar-refractivity contribution in [3.05, 3.63) is 84.1 Å². The number of ether oxygens (including phenoxy) is 1. The van der Waals surface area contributed by atoms with Crippen molar-refractivity contribution in [3.8, 4) is 5.75 Å². The van der Waals surface area contributed by atoms with E-state index in [2.05, 4.69) is 57.1 Å². The fourth-order valence-corrected chi connectivity index (χ4v) is 3.78. The summed E-state index contributed by atoms with van der Waals surface area (Å²) in [6.07, 6.45) is 3.33. The molecule has 0 aliphatic rings. The Labute approximate surface area is 174 Å². The molecule has 5 rings (SSSR count). The number of aromatic nitrogens is 3. The zero-order valence-corrected chi connectivity index (χ0v) is 16.9. The van der Waals surface area contributed by atoms with Crippen LogP contribution in [0, 0.1) is 6.92 Å². The molecule has 0 atom stereocenters. The first-order valence-corrected chi connectivity index (χ1v) is 9.84. The second-order valence-electron chi connectivity index (χ2n) is 7.38. The van der Waals surface area contributed by atoms with Crippen molar-refractivity contribution in [1.82, 2.24) is 15.0 Å². The van der Waals surface area contributed by atoms with Gasteiger partial charge in [0.15, 0.2) is 5.82 Å². The molecular weight excluding hydrogens is 376 g/mol. The average molecular weight is 398 g/mol. The lowest BCUT2D eigenvalue weighted by Gasteiger charge is -2.23. The van der Waals surface area contributed by atoms with E-state index in [1.54, 1.807) is 19.7 Å². The molecule has 6 heteroatoms. The Morgan fingerprint density at radius 2 is 1.90 bits per heavy atom. The third-order valence-corrected chi connectivity index (χ3v) is 5.28. The Kier molecular flexibility index (Phi) is 4.59. The molecule has 0 unspecified atom stereocenters. The van der Waals surface area contributed by atoms with E-state index in [-0.39, 0.29) is 0 Å². The number of aromatic amines is 1. The smallest absolute Gasteiger partial charge is 0.157 e. The fraction of sp³-hybridized carbons (Fsp3) is 0.167. The van der Waals surface area contributed by atoms with E-state index in [9.17, 15) is 0 Å². The Balaban J connectivity index is 1.60. The van der Waals surface area contributed by atoms with Gasteiger partial charge in [0.25, 0.3) is 0 Å². The molecule has 0 saturated heterocycles. The Morgan fingerprint density at radius 3 is 2.67 bits per heavy atom. The van der Waals surface area contributed by atoms with Crippen LogP contribution in [-0.2, 0) is 13.1 Å². The lowest BCUT2D eigenvalue weighted by atomic mass is 10.1. The van der Waals surface area contributed by atoms with Crippen molar-refractivity contribution in [2.45, 2.75) is 20.0 Å². The average Bonchev–Trinajstić information content (AvgIpc) is 3.41. The van der Waals surface area contributed by atoms with Gasteiger partial charge in [-0.2, -0.15) is 0 Å². The molecule has 3 aromatic heterocycles. The number of anilines is 1. The normalized spacial score (nSPS) is 11.3. The van der Waals surface area contributed by atoms with Crippen LogP contribution < -0.4 is 9.64 Å². The van der Waals surface area contributed by atoms with Gasteiger partial charge in [-0.3, -0.25) is 0 Å². The molecule has 5 aromatic rings. The number of fused-ring (bicyclic) bond motifs is 3. The van der Waals surface area contributed by atoms with Gasteiger partial charge in [0.05, 0.1) is 19.9 Å². The van der Waals surface area contributed by atoms with E-state index < -0.39 is 0 Å². The highest BCUT2D eigenvalue weighted by atomic mass is 16.5. The Bertz CT molecular complexity index is 1290. The number of rotatable bonds is 6. The van der Waals surface area contributed by atoms with Crippen LogP contribution in [-0.4, -0.2) is 22.1 Å². The minimum atomic E-state index is 0.597. The minimum absolute atomic E-state index is 0.597. The molecule has 0 aliphatic carbocycles. The number of aryl methyl sites for hydroxylation is 1. The van der Waals surface area contributed by atoms with Gasteiger partial charge in [0.1, 0.15) is 28.9 Å². The molecule has 3 heterocycles. The van der Waals surface area contributed by atoms with E-state index in [1.807, 2.05) is 24.3 Å². The van der Waals surface area contributed by atoms with E-state index in [1.165, 1.54) is 5.56 Å². The second-order valence-corrected chi connectivity index (χ2v) is 7.38. The summed E-state index contributed by atoms with van der Waals surface area (Å²) in [7, 11) is 1.67. The zero-order chi connectivity index (χ0) is 20.5. The third-order valence-electron chi connectivity index (χ3n) is 5.28. The number of benzene rings is 2. The van der Waals surface area contributed by atoms with Crippen molar-refractivity contribution in [3.63, 3.8) is 0 Å². The van der Waals surface area contributed by atoms with Crippen LogP contribution >= 0.6 is 0 Å². The van der Waals surface area contributed by atoms with Crippen LogP contribution in [0.25, 0.3) is 21.9 Å². The van der Waals surface area contributed by atoms with Crippen molar-refractivity contribution in [1.29, 1.82) is 0 Å². The van der Waals surface area contributed by atoms with Crippen LogP contribution in [0.3, 0.4) is 0 Å². The molecule has 1 N–H and O–H groups in total. The summed E-state index contributed by atoms with van der Waals surface area (Å²) in [4.78, 5) is 14.9. The maximum absolute atomic E-state index is 5.63. The minimum Gasteiger partial charge on any atom is -0.497 e. The Hall–Kier alpha value is -3.80. The van der Waals surface area contributed by atoms with Gasteiger partial charge >= 0.3 is 0 Å². The number of hydrogen-bond donors (Lipinski definition) is 1. The van der Waals surface area contributed by atoms with Crippen molar-refractivity contribution < 1.29 is 9.15 Å². The molecule has 30 heavy (non-hydrogen) atoms. The molecule has 0 aliphatic heterocycles. The summed E-state index contributed by atoms with van der Waals surface area (Å²) in [6.45, 7) is 3.36. The molecule has 0 saturated carbocycles. The molecule has 0 fully saturated rings. The molecule has 0 bridgehead atoms. The van der Waals surface area contributed by atoms with Gasteiger partial charge in [0, 0.05) is 17.4 Å². The first-order valence-electron chi connectivity index (χ1n) is 9.84. The molecular formula is C24H22N4O2. The maximum Gasteiger partial charge on any atom is 0.157 e. The maximum atomic E-state index is 5.63. The number of methoxy groups -OCH3 is 1. The highest BCUT2D eigenvalue weighted by Crippen LogP contribution is 2.31. The largest absolute Gasteiger partial charge is 0.497 e. The summed E-state index contributed by atoms with van der Waals surface area (Å²) in [5.74, 6) is 2.56. The number of H-pyrrole nitrogens is 1. The lowest BCUT2D eigenvalue weighted by molar-refractivity contribution is 0.414. The SMILES string of the molecule is COc1ccc(CN(Cc2ccco2)c2ncnc3c2[nH]c2ccc(C)cc23)cc1. The summed E-state index contributed by atoms with van der Waals surface area (Å²) >= 11 is 0. The first kappa shape index (κ1) is 18.2. The molecule has 0 spiro atoms. The van der Waals surface area contributed by atoms with Crippen molar-refractivity contribution >= 4 is 27.8 Å². The van der Waals surface area contributed by atoms with Crippen molar-refractivity contribution in [2.24, 2.45) is 0 Å². The van der Waals surface area contributed by atoms with E-state index >= 15 is 0 Å². The van der Waals surface area contributed by atoms with Gasteiger partial charge < -0.3 is 19.0 Å². The van der Waals surface area contributed by atoms with E-state index in [0.717, 1.165) is 44.8 Å². The van der Waals surface area contributed by atoms with E-state index in [0.29, 0.717) is 13.1 Å². The highest BCUT2D eigenvalue weighted by Gasteiger charge is 2.18. The summed E-state index contributed by atoms with van der Waals surface area (Å²) in [5, 5.41) is 1.11.